The molecule has 21 heavy (non-hydrogen) atoms. The Kier molecular flexibility index (Phi) is 4.28. The van der Waals surface area contributed by atoms with Crippen LogP contribution < -0.4 is 5.32 Å². The summed E-state index contributed by atoms with van der Waals surface area (Å²) in [5.74, 6) is 0.862. The van der Waals surface area contributed by atoms with Crippen molar-refractivity contribution < 1.29 is 4.79 Å². The Labute approximate surface area is 124 Å². The lowest BCUT2D eigenvalue weighted by molar-refractivity contribution is -0.116. The van der Waals surface area contributed by atoms with E-state index in [0.717, 1.165) is 23.7 Å². The van der Waals surface area contributed by atoms with Gasteiger partial charge in [-0.25, -0.2) is 9.67 Å². The molecule has 1 aliphatic rings. The number of hydrogen-bond donors (Lipinski definition) is 1. The molecule has 5 heteroatoms. The van der Waals surface area contributed by atoms with Gasteiger partial charge in [0.05, 0.1) is 5.69 Å². The Hall–Kier alpha value is -2.17. The number of anilines is 1. The lowest BCUT2D eigenvalue weighted by Gasteiger charge is -2.09. The maximum absolute atomic E-state index is 11.9. The molecule has 0 spiro atoms. The summed E-state index contributed by atoms with van der Waals surface area (Å²) < 4.78 is 1.69. The van der Waals surface area contributed by atoms with E-state index in [1.54, 1.807) is 11.0 Å². The fraction of sp³-hybridized carbons (Fsp3) is 0.438. The third-order valence-corrected chi connectivity index (χ3v) is 4.09. The van der Waals surface area contributed by atoms with E-state index < -0.39 is 0 Å². The van der Waals surface area contributed by atoms with Crippen LogP contribution in [0.1, 0.15) is 38.5 Å². The number of nitrogens with one attached hydrogen (secondary N) is 1. The second-order valence-corrected chi connectivity index (χ2v) is 5.62. The fourth-order valence-corrected chi connectivity index (χ4v) is 2.90. The Morgan fingerprint density at radius 3 is 2.67 bits per heavy atom. The summed E-state index contributed by atoms with van der Waals surface area (Å²) >= 11 is 0. The highest BCUT2D eigenvalue weighted by Crippen LogP contribution is 2.28. The van der Waals surface area contributed by atoms with Crippen LogP contribution in [0, 0.1) is 5.92 Å². The van der Waals surface area contributed by atoms with Crippen LogP contribution in [0.25, 0.3) is 5.69 Å². The molecule has 1 heterocycles. The van der Waals surface area contributed by atoms with E-state index in [1.807, 2.05) is 24.3 Å². The summed E-state index contributed by atoms with van der Waals surface area (Å²) in [6.45, 7) is 0. The van der Waals surface area contributed by atoms with E-state index in [9.17, 15) is 4.79 Å². The molecule has 0 atom stereocenters. The zero-order valence-corrected chi connectivity index (χ0v) is 12.0. The molecule has 3 rings (SSSR count). The minimum atomic E-state index is 0.107. The first-order chi connectivity index (χ1) is 10.3. The molecular weight excluding hydrogens is 264 g/mol. The number of benzene rings is 1. The van der Waals surface area contributed by atoms with E-state index in [-0.39, 0.29) is 5.91 Å². The summed E-state index contributed by atoms with van der Waals surface area (Å²) in [7, 11) is 0. The maximum Gasteiger partial charge on any atom is 0.224 e. The summed E-state index contributed by atoms with van der Waals surface area (Å²) in [6, 6.07) is 7.62. The molecule has 1 fully saturated rings. The van der Waals surface area contributed by atoms with Gasteiger partial charge in [0.25, 0.3) is 0 Å². The van der Waals surface area contributed by atoms with Gasteiger partial charge in [0, 0.05) is 12.1 Å². The van der Waals surface area contributed by atoms with Gasteiger partial charge in [-0.05, 0) is 36.6 Å². The van der Waals surface area contributed by atoms with E-state index in [1.165, 1.54) is 32.0 Å². The van der Waals surface area contributed by atoms with Crippen molar-refractivity contribution in [1.29, 1.82) is 0 Å². The minimum absolute atomic E-state index is 0.107. The Morgan fingerprint density at radius 2 is 2.00 bits per heavy atom. The molecule has 1 aromatic heterocycles. The first-order valence-corrected chi connectivity index (χ1v) is 7.56. The number of nitrogens with zero attached hydrogens (tertiary/aromatic N) is 3. The van der Waals surface area contributed by atoms with Crippen molar-refractivity contribution in [3.05, 3.63) is 36.9 Å². The van der Waals surface area contributed by atoms with E-state index >= 15 is 0 Å². The number of aromatic nitrogens is 3. The van der Waals surface area contributed by atoms with Gasteiger partial charge >= 0.3 is 0 Å². The number of amides is 1. The van der Waals surface area contributed by atoms with Gasteiger partial charge in [-0.1, -0.05) is 25.7 Å². The van der Waals surface area contributed by atoms with Crippen molar-refractivity contribution in [2.24, 2.45) is 5.92 Å². The van der Waals surface area contributed by atoms with Gasteiger partial charge in [0.1, 0.15) is 12.7 Å². The van der Waals surface area contributed by atoms with E-state index in [2.05, 4.69) is 15.4 Å². The smallest absolute Gasteiger partial charge is 0.224 e. The van der Waals surface area contributed by atoms with Gasteiger partial charge in [-0.15, -0.1) is 0 Å². The second kappa shape index (κ2) is 6.52. The van der Waals surface area contributed by atoms with Crippen molar-refractivity contribution >= 4 is 11.6 Å². The number of hydrogen-bond acceptors (Lipinski definition) is 3. The van der Waals surface area contributed by atoms with Crippen LogP contribution in [0.2, 0.25) is 0 Å². The third-order valence-electron chi connectivity index (χ3n) is 4.09. The minimum Gasteiger partial charge on any atom is -0.326 e. The van der Waals surface area contributed by atoms with Crippen molar-refractivity contribution in [2.45, 2.75) is 38.5 Å². The molecule has 110 valence electrons. The molecule has 1 saturated carbocycles. The van der Waals surface area contributed by atoms with Crippen molar-refractivity contribution in [2.75, 3.05) is 5.32 Å². The van der Waals surface area contributed by atoms with Gasteiger partial charge in [-0.2, -0.15) is 5.10 Å². The largest absolute Gasteiger partial charge is 0.326 e. The molecule has 1 amide bonds. The Balaban J connectivity index is 1.51. The molecule has 5 nitrogen and oxygen atoms in total. The molecule has 2 aromatic rings. The highest BCUT2D eigenvalue weighted by atomic mass is 16.1. The molecule has 0 unspecified atom stereocenters. The molecule has 0 aliphatic heterocycles. The van der Waals surface area contributed by atoms with Crippen LogP contribution in [0.4, 0.5) is 5.69 Å². The molecule has 0 bridgehead atoms. The van der Waals surface area contributed by atoms with Crippen LogP contribution in [-0.4, -0.2) is 20.7 Å². The molecule has 1 aromatic carbocycles. The number of carbonyl (C=O) groups excluding carboxylic acids is 1. The predicted molar refractivity (Wildman–Crippen MR) is 81.2 cm³/mol. The van der Waals surface area contributed by atoms with E-state index in [4.69, 9.17) is 0 Å². The van der Waals surface area contributed by atoms with Crippen LogP contribution in [0.15, 0.2) is 36.9 Å². The number of carbonyl (C=O) groups is 1. The van der Waals surface area contributed by atoms with E-state index in [0.29, 0.717) is 6.42 Å². The van der Waals surface area contributed by atoms with Gasteiger partial charge < -0.3 is 5.32 Å². The predicted octanol–water partition coefficient (Wildman–Crippen LogP) is 3.18. The summed E-state index contributed by atoms with van der Waals surface area (Å²) in [5.41, 5.74) is 1.76. The fourth-order valence-electron chi connectivity index (χ4n) is 2.90. The average molecular weight is 284 g/mol. The molecule has 0 radical (unpaired) electrons. The lowest BCUT2D eigenvalue weighted by Crippen LogP contribution is -2.12. The normalized spacial score (nSPS) is 15.2. The standard InChI is InChI=1S/C16H20N4O/c21-16(10-5-13-3-1-2-4-13)19-14-6-8-15(9-7-14)20-12-17-11-18-20/h6-9,11-13H,1-5,10H2,(H,19,21). The summed E-state index contributed by atoms with van der Waals surface area (Å²) in [4.78, 5) is 15.9. The lowest BCUT2D eigenvalue weighted by atomic mass is 10.0. The van der Waals surface area contributed by atoms with Gasteiger partial charge in [0.2, 0.25) is 5.91 Å². The Morgan fingerprint density at radius 1 is 1.24 bits per heavy atom. The van der Waals surface area contributed by atoms with Crippen LogP contribution in [0.3, 0.4) is 0 Å². The van der Waals surface area contributed by atoms with Gasteiger partial charge in [-0.3, -0.25) is 4.79 Å². The summed E-state index contributed by atoms with van der Waals surface area (Å²) in [5, 5.41) is 7.02. The summed E-state index contributed by atoms with van der Waals surface area (Å²) in [6.07, 6.45) is 10.0. The molecule has 1 N–H and O–H groups in total. The highest BCUT2D eigenvalue weighted by Gasteiger charge is 2.16. The zero-order valence-electron chi connectivity index (χ0n) is 12.0. The number of rotatable bonds is 5. The Bertz CT molecular complexity index is 571. The SMILES string of the molecule is O=C(CCC1CCCC1)Nc1ccc(-n2cncn2)cc1. The topological polar surface area (TPSA) is 59.8 Å². The third kappa shape index (κ3) is 3.68. The quantitative estimate of drug-likeness (QED) is 0.917. The van der Waals surface area contributed by atoms with Crippen LogP contribution in [0.5, 0.6) is 0 Å². The van der Waals surface area contributed by atoms with Crippen molar-refractivity contribution in [3.8, 4) is 5.69 Å². The molecule has 1 aliphatic carbocycles. The highest BCUT2D eigenvalue weighted by molar-refractivity contribution is 5.90. The molecule has 0 saturated heterocycles. The van der Waals surface area contributed by atoms with Crippen LogP contribution >= 0.6 is 0 Å². The molecular formula is C16H20N4O. The second-order valence-electron chi connectivity index (χ2n) is 5.62. The van der Waals surface area contributed by atoms with Crippen molar-refractivity contribution in [1.82, 2.24) is 14.8 Å². The zero-order chi connectivity index (χ0) is 14.5. The van der Waals surface area contributed by atoms with Crippen LogP contribution in [-0.2, 0) is 4.79 Å². The maximum atomic E-state index is 11.9. The average Bonchev–Trinajstić information content (AvgIpc) is 3.19. The van der Waals surface area contributed by atoms with Gasteiger partial charge in [0.15, 0.2) is 0 Å². The van der Waals surface area contributed by atoms with Crippen molar-refractivity contribution in [3.63, 3.8) is 0 Å². The first-order valence-electron chi connectivity index (χ1n) is 7.56. The first kappa shape index (κ1) is 13.8. The monoisotopic (exact) mass is 284 g/mol.